The van der Waals surface area contributed by atoms with Crippen molar-refractivity contribution in [2.45, 2.75) is 0 Å². The van der Waals surface area contributed by atoms with Gasteiger partial charge in [-0.1, -0.05) is 30.4 Å². The molecule has 0 saturated carbocycles. The van der Waals surface area contributed by atoms with Crippen LogP contribution in [0.15, 0.2) is 48.5 Å². The quantitative estimate of drug-likeness (QED) is 0.846. The fourth-order valence-corrected chi connectivity index (χ4v) is 1.68. The predicted octanol–water partition coefficient (Wildman–Crippen LogP) is 2.71. The second-order valence-corrected chi connectivity index (χ2v) is 4.32. The number of benzene rings is 2. The molecule has 0 spiro atoms. The molecule has 0 aliphatic rings. The molecule has 0 saturated heterocycles. The highest BCUT2D eigenvalue weighted by atomic mass is 32.1. The Hall–Kier alpha value is -2.27. The second kappa shape index (κ2) is 5.58. The third-order valence-electron chi connectivity index (χ3n) is 2.54. The van der Waals surface area contributed by atoms with E-state index in [-0.39, 0.29) is 16.6 Å². The minimum absolute atomic E-state index is 0.0915. The Balaban J connectivity index is 2.20. The Morgan fingerprint density at radius 3 is 2.37 bits per heavy atom. The monoisotopic (exact) mass is 274 g/mol. The second-order valence-electron chi connectivity index (χ2n) is 3.88. The van der Waals surface area contributed by atoms with E-state index in [4.69, 9.17) is 18.0 Å². The first-order valence-electron chi connectivity index (χ1n) is 5.53. The zero-order chi connectivity index (χ0) is 13.8. The molecule has 0 aromatic heterocycles. The van der Waals surface area contributed by atoms with Crippen LogP contribution in [0.2, 0.25) is 0 Å². The molecule has 0 radical (unpaired) electrons. The number of nitrogens with two attached hydrogens (primary N) is 1. The number of carbonyl (C=O) groups is 1. The van der Waals surface area contributed by atoms with Gasteiger partial charge in [0.05, 0.1) is 5.69 Å². The lowest BCUT2D eigenvalue weighted by molar-refractivity contribution is 0.102. The van der Waals surface area contributed by atoms with E-state index in [0.29, 0.717) is 11.1 Å². The highest BCUT2D eigenvalue weighted by Crippen LogP contribution is 2.16. The summed E-state index contributed by atoms with van der Waals surface area (Å²) in [5, 5.41) is 2.49. The molecule has 0 unspecified atom stereocenters. The number of hydrogen-bond acceptors (Lipinski definition) is 2. The average Bonchev–Trinajstić information content (AvgIpc) is 2.41. The molecule has 0 atom stereocenters. The first-order chi connectivity index (χ1) is 9.08. The molecule has 0 heterocycles. The maximum Gasteiger partial charge on any atom is 0.255 e. The lowest BCUT2D eigenvalue weighted by Crippen LogP contribution is -2.14. The van der Waals surface area contributed by atoms with Gasteiger partial charge in [-0.05, 0) is 30.3 Å². The Morgan fingerprint density at radius 1 is 1.11 bits per heavy atom. The zero-order valence-corrected chi connectivity index (χ0v) is 10.7. The van der Waals surface area contributed by atoms with Gasteiger partial charge in [0.1, 0.15) is 10.8 Å². The van der Waals surface area contributed by atoms with Crippen molar-refractivity contribution in [2.75, 3.05) is 5.32 Å². The van der Waals surface area contributed by atoms with Crippen LogP contribution in [0.3, 0.4) is 0 Å². The van der Waals surface area contributed by atoms with Crippen LogP contribution in [0.25, 0.3) is 0 Å². The largest absolute Gasteiger partial charge is 0.389 e. The molecule has 96 valence electrons. The van der Waals surface area contributed by atoms with E-state index in [1.54, 1.807) is 36.4 Å². The van der Waals surface area contributed by atoms with Crippen molar-refractivity contribution in [3.05, 3.63) is 65.5 Å². The van der Waals surface area contributed by atoms with Crippen LogP contribution in [-0.2, 0) is 0 Å². The summed E-state index contributed by atoms with van der Waals surface area (Å²) in [6.45, 7) is 0. The molecule has 1 amide bonds. The molecule has 3 N–H and O–H groups in total. The van der Waals surface area contributed by atoms with Gasteiger partial charge in [0.15, 0.2) is 0 Å². The van der Waals surface area contributed by atoms with E-state index in [1.165, 1.54) is 12.1 Å². The van der Waals surface area contributed by atoms with Gasteiger partial charge < -0.3 is 11.1 Å². The summed E-state index contributed by atoms with van der Waals surface area (Å²) in [5.41, 5.74) is 6.37. The highest BCUT2D eigenvalue weighted by molar-refractivity contribution is 7.80. The van der Waals surface area contributed by atoms with Gasteiger partial charge in [0, 0.05) is 11.1 Å². The molecule has 2 aromatic rings. The molecule has 5 heteroatoms. The first-order valence-corrected chi connectivity index (χ1v) is 5.94. The number of halogens is 1. The summed E-state index contributed by atoms with van der Waals surface area (Å²) in [6.07, 6.45) is 0. The smallest absolute Gasteiger partial charge is 0.255 e. The number of carbonyl (C=O) groups excluding carboxylic acids is 1. The molecular formula is C14H11FN2OS. The van der Waals surface area contributed by atoms with Crippen molar-refractivity contribution < 1.29 is 9.18 Å². The summed E-state index contributed by atoms with van der Waals surface area (Å²) in [7, 11) is 0. The number of thiocarbonyl (C=S) groups is 1. The minimum Gasteiger partial charge on any atom is -0.389 e. The molecule has 0 aliphatic carbocycles. The summed E-state index contributed by atoms with van der Waals surface area (Å²) in [5.74, 6) is -0.947. The number of anilines is 1. The molecule has 2 rings (SSSR count). The summed E-state index contributed by atoms with van der Waals surface area (Å²) < 4.78 is 13.8. The van der Waals surface area contributed by atoms with Crippen LogP contribution in [0.1, 0.15) is 15.9 Å². The SMILES string of the molecule is NC(=S)c1ccc(NC(=O)c2ccccc2)c(F)c1. The fourth-order valence-electron chi connectivity index (χ4n) is 1.55. The van der Waals surface area contributed by atoms with Crippen LogP contribution in [0, 0.1) is 5.82 Å². The summed E-state index contributed by atoms with van der Waals surface area (Å²) in [6, 6.07) is 12.8. The van der Waals surface area contributed by atoms with E-state index in [2.05, 4.69) is 5.32 Å². The fraction of sp³-hybridized carbons (Fsp3) is 0. The number of nitrogens with one attached hydrogen (secondary N) is 1. The van der Waals surface area contributed by atoms with Crippen LogP contribution in [-0.4, -0.2) is 10.9 Å². The maximum absolute atomic E-state index is 13.8. The van der Waals surface area contributed by atoms with E-state index in [0.717, 1.165) is 0 Å². The Bertz CT molecular complexity index is 629. The van der Waals surface area contributed by atoms with Gasteiger partial charge >= 0.3 is 0 Å². The number of hydrogen-bond donors (Lipinski definition) is 2. The molecule has 0 aliphatic heterocycles. The van der Waals surface area contributed by atoms with Gasteiger partial charge in [-0.25, -0.2) is 4.39 Å². The van der Waals surface area contributed by atoms with Crippen molar-refractivity contribution in [2.24, 2.45) is 5.73 Å². The van der Waals surface area contributed by atoms with Gasteiger partial charge in [0.2, 0.25) is 0 Å². The molecule has 0 bridgehead atoms. The predicted molar refractivity (Wildman–Crippen MR) is 76.7 cm³/mol. The Morgan fingerprint density at radius 2 is 1.79 bits per heavy atom. The lowest BCUT2D eigenvalue weighted by atomic mass is 10.1. The van der Waals surface area contributed by atoms with E-state index in [1.807, 2.05) is 0 Å². The van der Waals surface area contributed by atoms with Gasteiger partial charge in [0.25, 0.3) is 5.91 Å². The van der Waals surface area contributed by atoms with Crippen LogP contribution >= 0.6 is 12.2 Å². The molecule has 0 fully saturated rings. The Labute approximate surface area is 115 Å². The topological polar surface area (TPSA) is 55.1 Å². The average molecular weight is 274 g/mol. The van der Waals surface area contributed by atoms with Crippen molar-refractivity contribution in [1.82, 2.24) is 0 Å². The van der Waals surface area contributed by atoms with E-state index >= 15 is 0 Å². The summed E-state index contributed by atoms with van der Waals surface area (Å²) in [4.78, 5) is 12.0. The number of amides is 1. The van der Waals surface area contributed by atoms with E-state index in [9.17, 15) is 9.18 Å². The number of rotatable bonds is 3. The molecule has 2 aromatic carbocycles. The molecular weight excluding hydrogens is 263 g/mol. The van der Waals surface area contributed by atoms with Gasteiger partial charge in [-0.3, -0.25) is 4.79 Å². The lowest BCUT2D eigenvalue weighted by Gasteiger charge is -2.07. The van der Waals surface area contributed by atoms with E-state index < -0.39 is 5.82 Å². The van der Waals surface area contributed by atoms with Gasteiger partial charge in [-0.15, -0.1) is 0 Å². The highest BCUT2D eigenvalue weighted by Gasteiger charge is 2.10. The maximum atomic E-state index is 13.8. The standard InChI is InChI=1S/C14H11FN2OS/c15-11-8-10(13(16)19)6-7-12(11)17-14(18)9-4-2-1-3-5-9/h1-8H,(H2,16,19)(H,17,18). The van der Waals surface area contributed by atoms with Crippen molar-refractivity contribution >= 4 is 28.8 Å². The van der Waals surface area contributed by atoms with Crippen molar-refractivity contribution in [1.29, 1.82) is 0 Å². The third kappa shape index (κ3) is 3.14. The van der Waals surface area contributed by atoms with Crippen LogP contribution < -0.4 is 11.1 Å². The molecule has 19 heavy (non-hydrogen) atoms. The van der Waals surface area contributed by atoms with Crippen LogP contribution in [0.5, 0.6) is 0 Å². The zero-order valence-electron chi connectivity index (χ0n) is 9.89. The van der Waals surface area contributed by atoms with Crippen molar-refractivity contribution in [3.63, 3.8) is 0 Å². The third-order valence-corrected chi connectivity index (χ3v) is 2.77. The Kier molecular flexibility index (Phi) is 3.87. The minimum atomic E-state index is -0.574. The first kappa shape index (κ1) is 13.2. The van der Waals surface area contributed by atoms with Crippen LogP contribution in [0.4, 0.5) is 10.1 Å². The van der Waals surface area contributed by atoms with Gasteiger partial charge in [-0.2, -0.15) is 0 Å². The van der Waals surface area contributed by atoms with Crippen molar-refractivity contribution in [3.8, 4) is 0 Å². The summed E-state index contributed by atoms with van der Waals surface area (Å²) >= 11 is 4.75. The molecule has 3 nitrogen and oxygen atoms in total. The normalized spacial score (nSPS) is 9.95.